The molecule has 1 aromatic rings. The van der Waals surface area contributed by atoms with Crippen LogP contribution in [-0.4, -0.2) is 9.78 Å². The molecule has 0 unspecified atom stereocenters. The van der Waals surface area contributed by atoms with Crippen LogP contribution in [0.5, 0.6) is 0 Å². The molecule has 1 heterocycles. The smallest absolute Gasteiger partial charge is 0.267 e. The van der Waals surface area contributed by atoms with E-state index in [1.807, 2.05) is 13.0 Å². The monoisotopic (exact) mass is 137 g/mol. The maximum Gasteiger partial charge on any atom is 0.267 e. The zero-order valence-corrected chi connectivity index (χ0v) is 5.59. The standard InChI is InChI=1S/C6H7N3O/c1-2-9-6(10)3-5(4-7)8-9/h3,8H,2H2,1H3. The summed E-state index contributed by atoms with van der Waals surface area (Å²) in [4.78, 5) is 10.8. The van der Waals surface area contributed by atoms with E-state index in [4.69, 9.17) is 5.26 Å². The quantitative estimate of drug-likeness (QED) is 0.595. The Balaban J connectivity index is 3.20. The van der Waals surface area contributed by atoms with E-state index in [1.54, 1.807) is 0 Å². The second-order valence-corrected chi connectivity index (χ2v) is 1.86. The summed E-state index contributed by atoms with van der Waals surface area (Å²) in [6.07, 6.45) is 0. The zero-order valence-electron chi connectivity index (χ0n) is 5.59. The van der Waals surface area contributed by atoms with E-state index in [1.165, 1.54) is 10.7 Å². The number of aromatic amines is 1. The van der Waals surface area contributed by atoms with E-state index in [9.17, 15) is 4.79 Å². The molecule has 4 heteroatoms. The molecule has 0 saturated heterocycles. The molecule has 0 aliphatic heterocycles. The van der Waals surface area contributed by atoms with Crippen LogP contribution in [0.15, 0.2) is 10.9 Å². The number of hydrogen-bond acceptors (Lipinski definition) is 2. The molecule has 0 atom stereocenters. The highest BCUT2D eigenvalue weighted by Gasteiger charge is 1.97. The molecule has 0 amide bonds. The molecule has 1 aromatic heterocycles. The van der Waals surface area contributed by atoms with Crippen molar-refractivity contribution in [1.29, 1.82) is 5.26 Å². The second kappa shape index (κ2) is 2.40. The lowest BCUT2D eigenvalue weighted by atomic mass is 10.5. The van der Waals surface area contributed by atoms with Gasteiger partial charge in [0.2, 0.25) is 0 Å². The molecular weight excluding hydrogens is 130 g/mol. The largest absolute Gasteiger partial charge is 0.285 e. The van der Waals surface area contributed by atoms with Gasteiger partial charge in [-0.25, -0.2) is 0 Å². The lowest BCUT2D eigenvalue weighted by Gasteiger charge is -1.90. The number of H-pyrrole nitrogens is 1. The summed E-state index contributed by atoms with van der Waals surface area (Å²) in [5, 5.41) is 11.0. The first-order valence-corrected chi connectivity index (χ1v) is 2.98. The van der Waals surface area contributed by atoms with Crippen LogP contribution < -0.4 is 5.56 Å². The fourth-order valence-electron chi connectivity index (χ4n) is 0.726. The summed E-state index contributed by atoms with van der Waals surface area (Å²) in [6.45, 7) is 2.40. The van der Waals surface area contributed by atoms with Crippen molar-refractivity contribution in [3.05, 3.63) is 22.1 Å². The fraction of sp³-hybridized carbons (Fsp3) is 0.333. The van der Waals surface area contributed by atoms with Gasteiger partial charge in [0, 0.05) is 12.6 Å². The van der Waals surface area contributed by atoms with Crippen LogP contribution >= 0.6 is 0 Å². The van der Waals surface area contributed by atoms with Gasteiger partial charge in [0.05, 0.1) is 0 Å². The van der Waals surface area contributed by atoms with Gasteiger partial charge in [-0.3, -0.25) is 14.6 Å². The van der Waals surface area contributed by atoms with Gasteiger partial charge >= 0.3 is 0 Å². The lowest BCUT2D eigenvalue weighted by Crippen LogP contribution is -2.13. The molecule has 0 radical (unpaired) electrons. The summed E-state index contributed by atoms with van der Waals surface area (Å²) >= 11 is 0. The summed E-state index contributed by atoms with van der Waals surface area (Å²) in [7, 11) is 0. The van der Waals surface area contributed by atoms with Crippen LogP contribution in [0.25, 0.3) is 0 Å². The minimum Gasteiger partial charge on any atom is -0.285 e. The van der Waals surface area contributed by atoms with Crippen LogP contribution in [0.1, 0.15) is 12.6 Å². The minimum atomic E-state index is -0.154. The lowest BCUT2D eigenvalue weighted by molar-refractivity contribution is 0.636. The van der Waals surface area contributed by atoms with Gasteiger partial charge in [0.25, 0.3) is 5.56 Å². The average Bonchev–Trinajstić information content (AvgIpc) is 2.30. The highest BCUT2D eigenvalue weighted by molar-refractivity contribution is 5.16. The maximum atomic E-state index is 10.8. The van der Waals surface area contributed by atoms with E-state index in [2.05, 4.69) is 5.10 Å². The van der Waals surface area contributed by atoms with Crippen molar-refractivity contribution in [2.45, 2.75) is 13.5 Å². The minimum absolute atomic E-state index is 0.154. The van der Waals surface area contributed by atoms with Gasteiger partial charge in [-0.05, 0) is 6.92 Å². The van der Waals surface area contributed by atoms with Gasteiger partial charge in [0.1, 0.15) is 11.8 Å². The first-order valence-electron chi connectivity index (χ1n) is 2.98. The summed E-state index contributed by atoms with van der Waals surface area (Å²) in [6, 6.07) is 3.13. The molecule has 0 aliphatic rings. The van der Waals surface area contributed by atoms with Gasteiger partial charge in [-0.1, -0.05) is 0 Å². The number of nitrogens with one attached hydrogen (secondary N) is 1. The predicted molar refractivity (Wildman–Crippen MR) is 35.4 cm³/mol. The van der Waals surface area contributed by atoms with Gasteiger partial charge in [-0.15, -0.1) is 0 Å². The number of rotatable bonds is 1. The van der Waals surface area contributed by atoms with Crippen molar-refractivity contribution in [2.75, 3.05) is 0 Å². The highest BCUT2D eigenvalue weighted by atomic mass is 16.1. The first-order chi connectivity index (χ1) is 4.77. The van der Waals surface area contributed by atoms with E-state index >= 15 is 0 Å². The Kier molecular flexibility index (Phi) is 1.59. The van der Waals surface area contributed by atoms with E-state index in [0.29, 0.717) is 12.2 Å². The van der Waals surface area contributed by atoms with Crippen LogP contribution in [0, 0.1) is 11.3 Å². The molecular formula is C6H7N3O. The van der Waals surface area contributed by atoms with Crippen molar-refractivity contribution in [3.8, 4) is 6.07 Å². The summed E-state index contributed by atoms with van der Waals surface area (Å²) in [5.74, 6) is 0. The third kappa shape index (κ3) is 0.935. The van der Waals surface area contributed by atoms with Crippen molar-refractivity contribution in [3.63, 3.8) is 0 Å². The van der Waals surface area contributed by atoms with E-state index in [-0.39, 0.29) is 5.56 Å². The zero-order chi connectivity index (χ0) is 7.56. The van der Waals surface area contributed by atoms with Gasteiger partial charge in [-0.2, -0.15) is 5.26 Å². The molecule has 52 valence electrons. The highest BCUT2D eigenvalue weighted by Crippen LogP contribution is 1.84. The first kappa shape index (κ1) is 6.62. The van der Waals surface area contributed by atoms with E-state index < -0.39 is 0 Å². The molecule has 0 saturated carbocycles. The maximum absolute atomic E-state index is 10.8. The van der Waals surface area contributed by atoms with E-state index in [0.717, 1.165) is 0 Å². The SMILES string of the molecule is CCn1[nH]c(C#N)cc1=O. The Morgan fingerprint density at radius 3 is 2.90 bits per heavy atom. The molecule has 10 heavy (non-hydrogen) atoms. The number of hydrogen-bond donors (Lipinski definition) is 1. The fourth-order valence-corrected chi connectivity index (χ4v) is 0.726. The van der Waals surface area contributed by atoms with Crippen LogP contribution in [0.3, 0.4) is 0 Å². The number of aromatic nitrogens is 2. The summed E-state index contributed by atoms with van der Waals surface area (Å²) in [5.41, 5.74) is 0.158. The Morgan fingerprint density at radius 2 is 2.60 bits per heavy atom. The van der Waals surface area contributed by atoms with Gasteiger partial charge < -0.3 is 0 Å². The van der Waals surface area contributed by atoms with Crippen molar-refractivity contribution < 1.29 is 0 Å². The normalized spacial score (nSPS) is 9.20. The van der Waals surface area contributed by atoms with Crippen LogP contribution in [0.4, 0.5) is 0 Å². The molecule has 0 aliphatic carbocycles. The van der Waals surface area contributed by atoms with Crippen molar-refractivity contribution in [2.24, 2.45) is 0 Å². The van der Waals surface area contributed by atoms with Crippen molar-refractivity contribution >= 4 is 0 Å². The van der Waals surface area contributed by atoms with Crippen LogP contribution in [-0.2, 0) is 6.54 Å². The molecule has 1 rings (SSSR count). The molecule has 0 bridgehead atoms. The summed E-state index contributed by atoms with van der Waals surface area (Å²) < 4.78 is 1.37. The molecule has 1 N–H and O–H groups in total. The molecule has 4 nitrogen and oxygen atoms in total. The molecule has 0 spiro atoms. The van der Waals surface area contributed by atoms with Crippen LogP contribution in [0.2, 0.25) is 0 Å². The van der Waals surface area contributed by atoms with Crippen molar-refractivity contribution in [1.82, 2.24) is 9.78 Å². The number of aryl methyl sites for hydroxylation is 1. The second-order valence-electron chi connectivity index (χ2n) is 1.86. The predicted octanol–water partition coefficient (Wildman–Crippen LogP) is 0.0680. The third-order valence-corrected chi connectivity index (χ3v) is 1.23. The Bertz CT molecular complexity index is 314. The van der Waals surface area contributed by atoms with Gasteiger partial charge in [0.15, 0.2) is 0 Å². The molecule has 0 aromatic carbocycles. The topological polar surface area (TPSA) is 61.6 Å². The Hall–Kier alpha value is -1.50. The third-order valence-electron chi connectivity index (χ3n) is 1.23. The average molecular weight is 137 g/mol. The molecule has 0 fully saturated rings. The number of nitriles is 1. The Morgan fingerprint density at radius 1 is 1.90 bits per heavy atom. The number of nitrogens with zero attached hydrogens (tertiary/aromatic N) is 2. The Labute approximate surface area is 57.7 Å².